The molecule has 0 aromatic carbocycles. The van der Waals surface area contributed by atoms with Gasteiger partial charge in [-0.25, -0.2) is 4.98 Å². The monoisotopic (exact) mass is 193 g/mol. The first kappa shape index (κ1) is 10.2. The van der Waals surface area contributed by atoms with Crippen molar-refractivity contribution in [1.29, 1.82) is 0 Å². The Morgan fingerprint density at radius 2 is 2.15 bits per heavy atom. The van der Waals surface area contributed by atoms with Gasteiger partial charge in [0.05, 0.1) is 15.6 Å². The SMILES string of the molecule is C=C/C=C\c1sc(CC)nc1CC. The highest BCUT2D eigenvalue weighted by Crippen LogP contribution is 2.21. The normalized spacial score (nSPS) is 10.9. The molecule has 0 radical (unpaired) electrons. The highest BCUT2D eigenvalue weighted by Gasteiger charge is 2.04. The van der Waals surface area contributed by atoms with E-state index in [1.807, 2.05) is 6.08 Å². The van der Waals surface area contributed by atoms with Crippen LogP contribution in [0.15, 0.2) is 18.7 Å². The van der Waals surface area contributed by atoms with Crippen LogP contribution in [-0.4, -0.2) is 4.98 Å². The molecule has 0 aliphatic rings. The first-order valence-electron chi connectivity index (χ1n) is 4.59. The number of allylic oxidation sites excluding steroid dienone is 2. The van der Waals surface area contributed by atoms with E-state index in [0.29, 0.717) is 0 Å². The summed E-state index contributed by atoms with van der Waals surface area (Å²) in [5.41, 5.74) is 1.21. The largest absolute Gasteiger partial charge is 0.246 e. The van der Waals surface area contributed by atoms with Crippen molar-refractivity contribution in [2.45, 2.75) is 26.7 Å². The molecule has 0 spiro atoms. The van der Waals surface area contributed by atoms with Gasteiger partial charge in [0.15, 0.2) is 0 Å². The lowest BCUT2D eigenvalue weighted by atomic mass is 10.3. The van der Waals surface area contributed by atoms with Gasteiger partial charge >= 0.3 is 0 Å². The Balaban J connectivity index is 2.96. The van der Waals surface area contributed by atoms with Crippen molar-refractivity contribution in [2.75, 3.05) is 0 Å². The summed E-state index contributed by atoms with van der Waals surface area (Å²) >= 11 is 1.78. The van der Waals surface area contributed by atoms with Crippen LogP contribution in [0.2, 0.25) is 0 Å². The maximum atomic E-state index is 4.53. The molecule has 0 bridgehead atoms. The minimum atomic E-state index is 1.01. The van der Waals surface area contributed by atoms with Crippen LogP contribution in [0.5, 0.6) is 0 Å². The van der Waals surface area contributed by atoms with E-state index in [1.165, 1.54) is 15.6 Å². The Bertz CT molecular complexity index is 310. The third-order valence-corrected chi connectivity index (χ3v) is 3.00. The molecule has 0 amide bonds. The number of thiazole rings is 1. The van der Waals surface area contributed by atoms with Crippen molar-refractivity contribution in [1.82, 2.24) is 4.98 Å². The molecular weight excluding hydrogens is 178 g/mol. The molecule has 0 N–H and O–H groups in total. The molecule has 0 atom stereocenters. The number of rotatable bonds is 4. The molecule has 0 saturated carbocycles. The summed E-state index contributed by atoms with van der Waals surface area (Å²) in [5, 5.41) is 1.22. The summed E-state index contributed by atoms with van der Waals surface area (Å²) in [4.78, 5) is 5.81. The van der Waals surface area contributed by atoms with Gasteiger partial charge in [0, 0.05) is 0 Å². The molecule has 1 heterocycles. The van der Waals surface area contributed by atoms with Gasteiger partial charge in [-0.15, -0.1) is 11.3 Å². The van der Waals surface area contributed by atoms with Crippen molar-refractivity contribution in [3.8, 4) is 0 Å². The van der Waals surface area contributed by atoms with Crippen molar-refractivity contribution >= 4 is 17.4 Å². The zero-order valence-corrected chi connectivity index (χ0v) is 9.03. The molecular formula is C11H15NS. The van der Waals surface area contributed by atoms with Crippen molar-refractivity contribution in [2.24, 2.45) is 0 Å². The van der Waals surface area contributed by atoms with Crippen molar-refractivity contribution < 1.29 is 0 Å². The minimum Gasteiger partial charge on any atom is -0.246 e. The third-order valence-electron chi connectivity index (χ3n) is 1.79. The molecule has 0 saturated heterocycles. The Morgan fingerprint density at radius 1 is 1.38 bits per heavy atom. The highest BCUT2D eigenvalue weighted by molar-refractivity contribution is 7.12. The molecule has 0 unspecified atom stereocenters. The molecule has 1 nitrogen and oxygen atoms in total. The van der Waals surface area contributed by atoms with Gasteiger partial charge in [-0.05, 0) is 18.9 Å². The number of nitrogens with zero attached hydrogens (tertiary/aromatic N) is 1. The van der Waals surface area contributed by atoms with Crippen LogP contribution >= 0.6 is 11.3 Å². The van der Waals surface area contributed by atoms with Crippen LogP contribution in [0.25, 0.3) is 6.08 Å². The average Bonchev–Trinajstić information content (AvgIpc) is 2.57. The average molecular weight is 193 g/mol. The fourth-order valence-electron chi connectivity index (χ4n) is 1.10. The molecule has 0 aliphatic carbocycles. The molecule has 1 aromatic rings. The zero-order valence-electron chi connectivity index (χ0n) is 8.21. The molecule has 2 heteroatoms. The van der Waals surface area contributed by atoms with Gasteiger partial charge in [-0.1, -0.05) is 32.6 Å². The summed E-state index contributed by atoms with van der Waals surface area (Å²) < 4.78 is 0. The summed E-state index contributed by atoms with van der Waals surface area (Å²) in [6.45, 7) is 7.93. The van der Waals surface area contributed by atoms with Gasteiger partial charge < -0.3 is 0 Å². The smallest absolute Gasteiger partial charge is 0.0931 e. The summed E-state index contributed by atoms with van der Waals surface area (Å²) in [7, 11) is 0. The van der Waals surface area contributed by atoms with Crippen LogP contribution in [-0.2, 0) is 12.8 Å². The molecule has 1 rings (SSSR count). The number of hydrogen-bond donors (Lipinski definition) is 0. The predicted molar refractivity (Wildman–Crippen MR) is 60.1 cm³/mol. The highest BCUT2D eigenvalue weighted by atomic mass is 32.1. The van der Waals surface area contributed by atoms with Crippen molar-refractivity contribution in [3.05, 3.63) is 34.3 Å². The number of aromatic nitrogens is 1. The lowest BCUT2D eigenvalue weighted by Crippen LogP contribution is -1.83. The number of hydrogen-bond acceptors (Lipinski definition) is 2. The second kappa shape index (κ2) is 4.97. The van der Waals surface area contributed by atoms with Gasteiger partial charge in [0.2, 0.25) is 0 Å². The Hall–Kier alpha value is -0.890. The van der Waals surface area contributed by atoms with E-state index in [9.17, 15) is 0 Å². The first-order valence-corrected chi connectivity index (χ1v) is 5.41. The van der Waals surface area contributed by atoms with E-state index >= 15 is 0 Å². The predicted octanol–water partition coefficient (Wildman–Crippen LogP) is 3.47. The lowest BCUT2D eigenvalue weighted by molar-refractivity contribution is 1.00. The lowest BCUT2D eigenvalue weighted by Gasteiger charge is -1.89. The minimum absolute atomic E-state index is 1.01. The fourth-order valence-corrected chi connectivity index (χ4v) is 2.11. The van der Waals surface area contributed by atoms with E-state index in [2.05, 4.69) is 31.5 Å². The van der Waals surface area contributed by atoms with E-state index in [4.69, 9.17) is 0 Å². The van der Waals surface area contributed by atoms with Gasteiger partial charge in [0.25, 0.3) is 0 Å². The van der Waals surface area contributed by atoms with Crippen LogP contribution in [0.3, 0.4) is 0 Å². The standard InChI is InChI=1S/C11H15NS/c1-4-7-8-10-9(5-2)12-11(6-3)13-10/h4,7-8H,1,5-6H2,2-3H3/b8-7-. The molecule has 0 aliphatic heterocycles. The van der Waals surface area contributed by atoms with E-state index < -0.39 is 0 Å². The summed E-state index contributed by atoms with van der Waals surface area (Å²) in [5.74, 6) is 0. The van der Waals surface area contributed by atoms with Crippen LogP contribution in [0.1, 0.15) is 29.4 Å². The topological polar surface area (TPSA) is 12.9 Å². The Morgan fingerprint density at radius 3 is 2.69 bits per heavy atom. The third kappa shape index (κ3) is 2.52. The summed E-state index contributed by atoms with van der Waals surface area (Å²) in [6.07, 6.45) is 7.88. The van der Waals surface area contributed by atoms with E-state index in [0.717, 1.165) is 12.8 Å². The van der Waals surface area contributed by atoms with Gasteiger partial charge in [-0.2, -0.15) is 0 Å². The van der Waals surface area contributed by atoms with E-state index in [1.54, 1.807) is 17.4 Å². The zero-order chi connectivity index (χ0) is 9.68. The fraction of sp³-hybridized carbons (Fsp3) is 0.364. The van der Waals surface area contributed by atoms with Gasteiger partial charge in [-0.3, -0.25) is 0 Å². The van der Waals surface area contributed by atoms with E-state index in [-0.39, 0.29) is 0 Å². The Labute approximate surface area is 83.8 Å². The Kier molecular flexibility index (Phi) is 3.90. The van der Waals surface area contributed by atoms with Crippen molar-refractivity contribution in [3.63, 3.8) is 0 Å². The molecule has 70 valence electrons. The molecule has 1 aromatic heterocycles. The van der Waals surface area contributed by atoms with Crippen LogP contribution in [0.4, 0.5) is 0 Å². The maximum Gasteiger partial charge on any atom is 0.0931 e. The quantitative estimate of drug-likeness (QED) is 0.667. The second-order valence-electron chi connectivity index (χ2n) is 2.72. The second-order valence-corrected chi connectivity index (χ2v) is 3.84. The molecule has 0 fully saturated rings. The summed E-state index contributed by atoms with van der Waals surface area (Å²) in [6, 6.07) is 0. The maximum absolute atomic E-state index is 4.53. The van der Waals surface area contributed by atoms with Crippen LogP contribution in [0, 0.1) is 0 Å². The van der Waals surface area contributed by atoms with Crippen LogP contribution < -0.4 is 0 Å². The molecule has 13 heavy (non-hydrogen) atoms. The van der Waals surface area contributed by atoms with Gasteiger partial charge in [0.1, 0.15) is 0 Å². The first-order chi connectivity index (χ1) is 6.31. The number of aryl methyl sites for hydroxylation is 2.